The van der Waals surface area contributed by atoms with Gasteiger partial charge >= 0.3 is 0 Å². The van der Waals surface area contributed by atoms with Gasteiger partial charge in [-0.05, 0) is 36.8 Å². The Morgan fingerprint density at radius 1 is 0.773 bits per heavy atom. The number of carbonyl (C=O) groups excluding carboxylic acids is 2. The molecule has 0 spiro atoms. The van der Waals surface area contributed by atoms with Gasteiger partial charge in [0.2, 0.25) is 10.2 Å². The first-order valence-corrected chi connectivity index (χ1v) is 9.43. The predicted molar refractivity (Wildman–Crippen MR) is 95.3 cm³/mol. The minimum absolute atomic E-state index is 0.0743. The first-order valence-electron chi connectivity index (χ1n) is 6.98. The number of nitrogens with zero attached hydrogens (tertiary/aromatic N) is 1. The zero-order valence-electron chi connectivity index (χ0n) is 13.4. The van der Waals surface area contributed by atoms with Crippen molar-refractivity contribution in [1.29, 1.82) is 0 Å². The Morgan fingerprint density at radius 2 is 1.23 bits per heavy atom. The van der Waals surface area contributed by atoms with Crippen LogP contribution in [0.2, 0.25) is 0 Å². The lowest BCUT2D eigenvalue weighted by atomic mass is 10.2. The maximum Gasteiger partial charge on any atom is 0.208 e. The van der Waals surface area contributed by atoms with Crippen LogP contribution in [0.3, 0.4) is 0 Å². The van der Waals surface area contributed by atoms with Crippen LogP contribution in [0.4, 0.5) is 5.69 Å². The quantitative estimate of drug-likeness (QED) is 0.864. The van der Waals surface area contributed by atoms with Crippen LogP contribution in [-0.2, 0) is 0 Å². The molecular formula is C18H21NO2S. The van der Waals surface area contributed by atoms with Gasteiger partial charge in [-0.3, -0.25) is 9.59 Å². The van der Waals surface area contributed by atoms with Gasteiger partial charge in [-0.25, -0.2) is 0 Å². The second-order valence-electron chi connectivity index (χ2n) is 5.71. The van der Waals surface area contributed by atoms with Crippen molar-refractivity contribution < 1.29 is 9.59 Å². The van der Waals surface area contributed by atoms with Gasteiger partial charge in [0.25, 0.3) is 0 Å². The average molecular weight is 315 g/mol. The van der Waals surface area contributed by atoms with Crippen molar-refractivity contribution in [2.24, 2.45) is 0 Å². The van der Waals surface area contributed by atoms with Gasteiger partial charge < -0.3 is 4.90 Å². The zero-order valence-corrected chi connectivity index (χ0v) is 14.2. The van der Waals surface area contributed by atoms with E-state index in [0.29, 0.717) is 11.1 Å². The number of rotatable bonds is 3. The molecule has 0 aliphatic carbocycles. The average Bonchev–Trinajstić information content (AvgIpc) is 2.54. The molecule has 3 nitrogen and oxygen atoms in total. The largest absolute Gasteiger partial charge is 0.378 e. The molecule has 4 heteroatoms. The van der Waals surface area contributed by atoms with E-state index in [-0.39, 0.29) is 10.2 Å². The summed E-state index contributed by atoms with van der Waals surface area (Å²) < 4.78 is 0. The van der Waals surface area contributed by atoms with Gasteiger partial charge in [0, 0.05) is 30.9 Å². The van der Waals surface area contributed by atoms with Crippen LogP contribution in [0.15, 0.2) is 54.6 Å². The summed E-state index contributed by atoms with van der Waals surface area (Å²) in [6, 6.07) is 16.4. The highest BCUT2D eigenvalue weighted by atomic mass is 32.3. The smallest absolute Gasteiger partial charge is 0.208 e. The normalized spacial score (nSPS) is 11.8. The SMILES string of the molecule is CN(C)c1ccc(C(=O)S(C)(C)C(=O)c2ccccc2)cc1. The van der Waals surface area contributed by atoms with Gasteiger partial charge in [-0.15, -0.1) is 10.0 Å². The number of benzene rings is 2. The second-order valence-corrected chi connectivity index (χ2v) is 9.10. The van der Waals surface area contributed by atoms with E-state index in [0.717, 1.165) is 5.69 Å². The van der Waals surface area contributed by atoms with Crippen LogP contribution < -0.4 is 4.90 Å². The van der Waals surface area contributed by atoms with Gasteiger partial charge in [-0.2, -0.15) is 0 Å². The van der Waals surface area contributed by atoms with Gasteiger partial charge in [0.05, 0.1) is 0 Å². The molecule has 0 radical (unpaired) electrons. The molecule has 0 aromatic heterocycles. The van der Waals surface area contributed by atoms with Crippen LogP contribution >= 0.6 is 10.0 Å². The third-order valence-electron chi connectivity index (χ3n) is 3.56. The Balaban J connectivity index is 2.28. The summed E-state index contributed by atoms with van der Waals surface area (Å²) in [6.07, 6.45) is 3.54. The van der Waals surface area contributed by atoms with E-state index in [1.165, 1.54) is 0 Å². The van der Waals surface area contributed by atoms with Gasteiger partial charge in [0.1, 0.15) is 0 Å². The molecule has 2 rings (SSSR count). The summed E-state index contributed by atoms with van der Waals surface area (Å²) in [4.78, 5) is 27.4. The summed E-state index contributed by atoms with van der Waals surface area (Å²) in [5.74, 6) is 0. The lowest BCUT2D eigenvalue weighted by Crippen LogP contribution is -2.19. The molecule has 0 unspecified atom stereocenters. The number of hydrogen-bond acceptors (Lipinski definition) is 3. The van der Waals surface area contributed by atoms with Crippen molar-refractivity contribution in [2.75, 3.05) is 31.5 Å². The fourth-order valence-corrected chi connectivity index (χ4v) is 3.76. The Kier molecular flexibility index (Phi) is 4.71. The highest BCUT2D eigenvalue weighted by molar-refractivity contribution is 8.55. The number of hydrogen-bond donors (Lipinski definition) is 0. The molecule has 2 aromatic carbocycles. The Hall–Kier alpha value is -2.07. The van der Waals surface area contributed by atoms with Crippen molar-refractivity contribution in [3.05, 3.63) is 65.7 Å². The molecule has 0 aliphatic rings. The number of carbonyl (C=O) groups is 2. The van der Waals surface area contributed by atoms with Gasteiger partial charge in [-0.1, -0.05) is 30.3 Å². The van der Waals surface area contributed by atoms with E-state index in [1.807, 2.05) is 49.3 Å². The van der Waals surface area contributed by atoms with Crippen molar-refractivity contribution in [3.63, 3.8) is 0 Å². The monoisotopic (exact) mass is 315 g/mol. The summed E-state index contributed by atoms with van der Waals surface area (Å²) in [5, 5.41) is -0.151. The minimum atomic E-state index is -2.07. The number of anilines is 1. The second kappa shape index (κ2) is 6.36. The van der Waals surface area contributed by atoms with E-state index in [9.17, 15) is 9.59 Å². The fraction of sp³-hybridized carbons (Fsp3) is 0.222. The van der Waals surface area contributed by atoms with Crippen molar-refractivity contribution in [1.82, 2.24) is 0 Å². The summed E-state index contributed by atoms with van der Waals surface area (Å²) in [7, 11) is 1.83. The van der Waals surface area contributed by atoms with Crippen LogP contribution in [0.1, 0.15) is 20.7 Å². The molecule has 22 heavy (non-hydrogen) atoms. The van der Waals surface area contributed by atoms with E-state index >= 15 is 0 Å². The first-order chi connectivity index (χ1) is 10.3. The highest BCUT2D eigenvalue weighted by Crippen LogP contribution is 2.46. The molecule has 0 amide bonds. The summed E-state index contributed by atoms with van der Waals surface area (Å²) in [5.41, 5.74) is 2.22. The molecular weight excluding hydrogens is 294 g/mol. The van der Waals surface area contributed by atoms with Gasteiger partial charge in [0.15, 0.2) is 0 Å². The lowest BCUT2D eigenvalue weighted by Gasteiger charge is -2.27. The molecule has 0 aliphatic heterocycles. The van der Waals surface area contributed by atoms with Crippen LogP contribution in [-0.4, -0.2) is 36.8 Å². The molecule has 2 aromatic rings. The van der Waals surface area contributed by atoms with Crippen LogP contribution in [0.25, 0.3) is 0 Å². The van der Waals surface area contributed by atoms with E-state index in [4.69, 9.17) is 0 Å². The molecule has 0 atom stereocenters. The molecule has 0 saturated carbocycles. The summed E-state index contributed by atoms with van der Waals surface area (Å²) in [6.45, 7) is 0. The molecule has 0 heterocycles. The third kappa shape index (κ3) is 3.22. The topological polar surface area (TPSA) is 37.4 Å². The fourth-order valence-electron chi connectivity index (χ4n) is 2.14. The summed E-state index contributed by atoms with van der Waals surface area (Å²) >= 11 is 0. The Morgan fingerprint density at radius 3 is 1.68 bits per heavy atom. The van der Waals surface area contributed by atoms with Crippen molar-refractivity contribution >= 4 is 25.9 Å². The van der Waals surface area contributed by atoms with E-state index in [1.54, 1.807) is 36.8 Å². The third-order valence-corrected chi connectivity index (χ3v) is 5.88. The van der Waals surface area contributed by atoms with E-state index < -0.39 is 10.0 Å². The molecule has 0 saturated heterocycles. The Bertz CT molecular complexity index is 676. The van der Waals surface area contributed by atoms with E-state index in [2.05, 4.69) is 0 Å². The molecule has 116 valence electrons. The maximum atomic E-state index is 12.8. The van der Waals surface area contributed by atoms with Crippen molar-refractivity contribution in [3.8, 4) is 0 Å². The zero-order chi connectivity index (χ0) is 16.3. The lowest BCUT2D eigenvalue weighted by molar-refractivity contribution is 0.105. The predicted octanol–water partition coefficient (Wildman–Crippen LogP) is 3.80. The molecule has 0 N–H and O–H groups in total. The standard InChI is InChI=1S/C18H21NO2S/c1-19(2)16-12-10-15(11-13-16)18(21)22(3,4)17(20)14-8-6-5-7-9-14/h5-13H,1-4H3. The minimum Gasteiger partial charge on any atom is -0.378 e. The molecule has 0 bridgehead atoms. The van der Waals surface area contributed by atoms with Crippen LogP contribution in [0, 0.1) is 0 Å². The first kappa shape index (κ1) is 16.3. The van der Waals surface area contributed by atoms with Crippen LogP contribution in [0.5, 0.6) is 0 Å². The Labute approximate surface area is 133 Å². The molecule has 0 fully saturated rings. The maximum absolute atomic E-state index is 12.8. The van der Waals surface area contributed by atoms with Crippen molar-refractivity contribution in [2.45, 2.75) is 0 Å². The highest BCUT2D eigenvalue weighted by Gasteiger charge is 2.31.